The maximum Gasteiger partial charge on any atom is 0.271 e. The fraction of sp³-hybridized carbons (Fsp3) is 0.500. The van der Waals surface area contributed by atoms with E-state index in [0.29, 0.717) is 11.6 Å². The van der Waals surface area contributed by atoms with Crippen molar-refractivity contribution in [2.24, 2.45) is 0 Å². The predicted molar refractivity (Wildman–Crippen MR) is 65.0 cm³/mol. The molecule has 2 amide bonds. The van der Waals surface area contributed by atoms with Crippen molar-refractivity contribution in [1.82, 2.24) is 10.3 Å². The molecule has 17 heavy (non-hydrogen) atoms. The summed E-state index contributed by atoms with van der Waals surface area (Å²) in [6, 6.07) is -0.270. The zero-order valence-corrected chi connectivity index (χ0v) is 10.5. The van der Waals surface area contributed by atoms with E-state index in [1.807, 2.05) is 6.92 Å². The topological polar surface area (TPSA) is 91.3 Å². The fourth-order valence-corrected chi connectivity index (χ4v) is 1.86. The molecule has 0 radical (unpaired) electrons. The molecule has 0 bridgehead atoms. The van der Waals surface area contributed by atoms with Crippen LogP contribution in [0.2, 0.25) is 0 Å². The van der Waals surface area contributed by atoms with E-state index in [9.17, 15) is 9.59 Å². The third kappa shape index (κ3) is 4.12. The van der Waals surface area contributed by atoms with Crippen molar-refractivity contribution in [3.63, 3.8) is 0 Å². The molecule has 0 aromatic carbocycles. The van der Waals surface area contributed by atoms with Crippen LogP contribution < -0.4 is 10.6 Å². The normalized spacial score (nSPS) is 11.9. The summed E-state index contributed by atoms with van der Waals surface area (Å²) in [6.45, 7) is 3.13. The highest BCUT2D eigenvalue weighted by Gasteiger charge is 2.14. The van der Waals surface area contributed by atoms with Crippen molar-refractivity contribution in [2.75, 3.05) is 11.9 Å². The monoisotopic (exact) mass is 257 g/mol. The van der Waals surface area contributed by atoms with Gasteiger partial charge >= 0.3 is 0 Å². The minimum absolute atomic E-state index is 0.106. The molecular formula is C10H15N3O3S. The molecule has 0 aliphatic heterocycles. The Hall–Kier alpha value is -1.47. The van der Waals surface area contributed by atoms with E-state index in [-0.39, 0.29) is 30.2 Å². The second-order valence-corrected chi connectivity index (χ2v) is 4.34. The second kappa shape index (κ2) is 6.31. The van der Waals surface area contributed by atoms with Gasteiger partial charge in [0.2, 0.25) is 5.91 Å². The van der Waals surface area contributed by atoms with Crippen LogP contribution in [0.1, 0.15) is 30.8 Å². The van der Waals surface area contributed by atoms with Gasteiger partial charge in [-0.05, 0) is 6.42 Å². The standard InChI is InChI=1S/C10H15N3O3S/c1-3-7(4-14)12-9(16)8-5-17-10(13-8)11-6(2)15/h5,7,14H,3-4H2,1-2H3,(H,12,16)(H,11,13,15)/t7-/m0/s1. The first-order valence-corrected chi connectivity index (χ1v) is 6.09. The zero-order chi connectivity index (χ0) is 12.8. The molecule has 6 nitrogen and oxygen atoms in total. The summed E-state index contributed by atoms with van der Waals surface area (Å²) in [5.74, 6) is -0.577. The van der Waals surface area contributed by atoms with Crippen LogP contribution in [0.5, 0.6) is 0 Å². The third-order valence-electron chi connectivity index (χ3n) is 2.07. The molecule has 7 heteroatoms. The average Bonchev–Trinajstić information content (AvgIpc) is 2.73. The maximum atomic E-state index is 11.7. The van der Waals surface area contributed by atoms with Gasteiger partial charge in [0.1, 0.15) is 5.69 Å². The maximum absolute atomic E-state index is 11.7. The summed E-state index contributed by atoms with van der Waals surface area (Å²) in [4.78, 5) is 26.4. The summed E-state index contributed by atoms with van der Waals surface area (Å²) in [6.07, 6.45) is 0.644. The molecule has 0 aliphatic rings. The number of rotatable bonds is 5. The van der Waals surface area contributed by atoms with Crippen LogP contribution in [0.3, 0.4) is 0 Å². The second-order valence-electron chi connectivity index (χ2n) is 3.48. The van der Waals surface area contributed by atoms with Crippen LogP contribution >= 0.6 is 11.3 Å². The number of hydrogen-bond donors (Lipinski definition) is 3. The lowest BCUT2D eigenvalue weighted by Crippen LogP contribution is -2.37. The molecule has 0 saturated carbocycles. The van der Waals surface area contributed by atoms with Crippen LogP contribution in [0.25, 0.3) is 0 Å². The summed E-state index contributed by atoms with van der Waals surface area (Å²) < 4.78 is 0. The highest BCUT2D eigenvalue weighted by Crippen LogP contribution is 2.15. The van der Waals surface area contributed by atoms with Gasteiger partial charge in [-0.1, -0.05) is 6.92 Å². The number of amides is 2. The Morgan fingerprint density at radius 2 is 2.29 bits per heavy atom. The van der Waals surface area contributed by atoms with Crippen molar-refractivity contribution in [1.29, 1.82) is 0 Å². The van der Waals surface area contributed by atoms with Gasteiger partial charge in [-0.2, -0.15) is 0 Å². The number of thiazole rings is 1. The SMILES string of the molecule is CC[C@@H](CO)NC(=O)c1csc(NC(C)=O)n1. The van der Waals surface area contributed by atoms with Crippen LogP contribution in [0, 0.1) is 0 Å². The predicted octanol–water partition coefficient (Wildman–Crippen LogP) is 0.602. The Kier molecular flexibility index (Phi) is 5.05. The molecule has 1 aromatic rings. The summed E-state index contributed by atoms with van der Waals surface area (Å²) >= 11 is 1.18. The van der Waals surface area contributed by atoms with Crippen LogP contribution in [0.15, 0.2) is 5.38 Å². The molecule has 0 spiro atoms. The summed E-state index contributed by atoms with van der Waals surface area (Å²) in [5, 5.41) is 16.0. The first kappa shape index (κ1) is 13.6. The number of nitrogens with one attached hydrogen (secondary N) is 2. The molecule has 0 saturated heterocycles. The van der Waals surface area contributed by atoms with Crippen LogP contribution in [-0.4, -0.2) is 34.6 Å². The lowest BCUT2D eigenvalue weighted by molar-refractivity contribution is -0.114. The first-order chi connectivity index (χ1) is 8.06. The molecule has 3 N–H and O–H groups in total. The smallest absolute Gasteiger partial charge is 0.271 e. The first-order valence-electron chi connectivity index (χ1n) is 5.21. The van der Waals surface area contributed by atoms with Crippen LogP contribution in [0.4, 0.5) is 5.13 Å². The van der Waals surface area contributed by atoms with Crippen molar-refractivity contribution >= 4 is 28.3 Å². The van der Waals surface area contributed by atoms with E-state index >= 15 is 0 Å². The highest BCUT2D eigenvalue weighted by molar-refractivity contribution is 7.14. The van der Waals surface area contributed by atoms with Gasteiger partial charge in [0.25, 0.3) is 5.91 Å². The molecule has 0 unspecified atom stereocenters. The van der Waals surface area contributed by atoms with Crippen molar-refractivity contribution in [3.8, 4) is 0 Å². The number of anilines is 1. The Labute approximate surface area is 103 Å². The van der Waals surface area contributed by atoms with E-state index in [4.69, 9.17) is 5.11 Å². The number of aliphatic hydroxyl groups is 1. The Morgan fingerprint density at radius 1 is 1.59 bits per heavy atom. The van der Waals surface area contributed by atoms with Gasteiger partial charge in [-0.3, -0.25) is 9.59 Å². The lowest BCUT2D eigenvalue weighted by atomic mass is 10.2. The number of carbonyl (C=O) groups is 2. The molecule has 1 heterocycles. The summed E-state index contributed by atoms with van der Waals surface area (Å²) in [5.41, 5.74) is 0.241. The van der Waals surface area contributed by atoms with Gasteiger partial charge in [0.15, 0.2) is 5.13 Å². The summed E-state index contributed by atoms with van der Waals surface area (Å²) in [7, 11) is 0. The van der Waals surface area contributed by atoms with E-state index in [0.717, 1.165) is 0 Å². The molecule has 1 aromatic heterocycles. The molecule has 0 aliphatic carbocycles. The number of aromatic nitrogens is 1. The molecule has 1 atom stereocenters. The number of carbonyl (C=O) groups excluding carboxylic acids is 2. The lowest BCUT2D eigenvalue weighted by Gasteiger charge is -2.12. The van der Waals surface area contributed by atoms with Crippen molar-refractivity contribution in [2.45, 2.75) is 26.3 Å². The average molecular weight is 257 g/mol. The van der Waals surface area contributed by atoms with Gasteiger partial charge in [-0.15, -0.1) is 11.3 Å². The third-order valence-corrected chi connectivity index (χ3v) is 2.83. The van der Waals surface area contributed by atoms with Gasteiger partial charge < -0.3 is 15.7 Å². The van der Waals surface area contributed by atoms with E-state index < -0.39 is 0 Å². The van der Waals surface area contributed by atoms with Crippen LogP contribution in [-0.2, 0) is 4.79 Å². The van der Waals surface area contributed by atoms with E-state index in [1.165, 1.54) is 18.3 Å². The number of aliphatic hydroxyl groups excluding tert-OH is 1. The number of nitrogens with zero attached hydrogens (tertiary/aromatic N) is 1. The highest BCUT2D eigenvalue weighted by atomic mass is 32.1. The quantitative estimate of drug-likeness (QED) is 0.720. The minimum atomic E-state index is -0.348. The van der Waals surface area contributed by atoms with Crippen molar-refractivity contribution in [3.05, 3.63) is 11.1 Å². The molecular weight excluding hydrogens is 242 g/mol. The van der Waals surface area contributed by atoms with Gasteiger partial charge in [0, 0.05) is 12.3 Å². The zero-order valence-electron chi connectivity index (χ0n) is 9.69. The molecule has 0 fully saturated rings. The Morgan fingerprint density at radius 3 is 2.82 bits per heavy atom. The molecule has 1 rings (SSSR count). The fourth-order valence-electron chi connectivity index (χ4n) is 1.12. The largest absolute Gasteiger partial charge is 0.394 e. The molecule has 94 valence electrons. The van der Waals surface area contributed by atoms with E-state index in [1.54, 1.807) is 5.38 Å². The minimum Gasteiger partial charge on any atom is -0.394 e. The Bertz CT molecular complexity index is 401. The number of hydrogen-bond acceptors (Lipinski definition) is 5. The van der Waals surface area contributed by atoms with Crippen molar-refractivity contribution < 1.29 is 14.7 Å². The Balaban J connectivity index is 2.63. The van der Waals surface area contributed by atoms with E-state index in [2.05, 4.69) is 15.6 Å². The van der Waals surface area contributed by atoms with Gasteiger partial charge in [0.05, 0.1) is 12.6 Å². The van der Waals surface area contributed by atoms with Gasteiger partial charge in [-0.25, -0.2) is 4.98 Å².